The molecule has 2 aliphatic rings. The summed E-state index contributed by atoms with van der Waals surface area (Å²) in [4.78, 5) is 2.53. The summed E-state index contributed by atoms with van der Waals surface area (Å²) in [5, 5.41) is 0. The maximum absolute atomic E-state index is 12.9. The lowest BCUT2D eigenvalue weighted by Crippen LogP contribution is -2.52. The van der Waals surface area contributed by atoms with Crippen LogP contribution in [0, 0.1) is 5.92 Å². The van der Waals surface area contributed by atoms with Crippen molar-refractivity contribution in [3.63, 3.8) is 0 Å². The largest absolute Gasteiger partial charge is 0.379 e. The van der Waals surface area contributed by atoms with Gasteiger partial charge in [-0.2, -0.15) is 4.31 Å². The Morgan fingerprint density at radius 1 is 0.903 bits per heavy atom. The summed E-state index contributed by atoms with van der Waals surface area (Å²) in [5.74, 6) is 0.383. The Labute approximate surface area is 187 Å². The van der Waals surface area contributed by atoms with Crippen LogP contribution in [0.15, 0.2) is 34.1 Å². The molecule has 8 nitrogen and oxygen atoms in total. The van der Waals surface area contributed by atoms with Crippen LogP contribution in [0.2, 0.25) is 0 Å². The quantitative estimate of drug-likeness (QED) is 0.558. The van der Waals surface area contributed by atoms with Crippen LogP contribution < -0.4 is 4.72 Å². The minimum Gasteiger partial charge on any atom is -0.379 e. The molecular weight excluding hydrogens is 438 g/mol. The molecule has 0 unspecified atom stereocenters. The molecule has 3 rings (SSSR count). The molecule has 10 heteroatoms. The molecule has 0 saturated carbocycles. The first-order valence-electron chi connectivity index (χ1n) is 11.2. The normalized spacial score (nSPS) is 20.4. The SMILES string of the molecule is CCC(CC)[C@@H](CNS(=O)(=O)c1ccc(S(=O)(=O)N2CCCC2)cc1)N1CCOCC1. The highest BCUT2D eigenvalue weighted by molar-refractivity contribution is 7.89. The Hall–Kier alpha value is -1.04. The van der Waals surface area contributed by atoms with Crippen LogP contribution in [0.4, 0.5) is 0 Å². The van der Waals surface area contributed by atoms with E-state index in [0.717, 1.165) is 38.8 Å². The maximum Gasteiger partial charge on any atom is 0.243 e. The minimum atomic E-state index is -3.74. The number of benzene rings is 1. The number of rotatable bonds is 10. The molecule has 1 aromatic carbocycles. The fourth-order valence-corrected chi connectivity index (χ4v) is 7.05. The molecule has 1 atom stereocenters. The molecule has 1 aromatic rings. The van der Waals surface area contributed by atoms with Crippen molar-refractivity contribution in [2.75, 3.05) is 45.9 Å². The van der Waals surface area contributed by atoms with E-state index in [1.165, 1.54) is 28.6 Å². The Bertz CT molecular complexity index is 903. The second-order valence-electron chi connectivity index (χ2n) is 8.23. The van der Waals surface area contributed by atoms with Crippen LogP contribution in [-0.4, -0.2) is 78.0 Å². The Kier molecular flexibility index (Phi) is 8.51. The first-order valence-corrected chi connectivity index (χ1v) is 14.1. The topological polar surface area (TPSA) is 96.0 Å². The molecule has 0 amide bonds. The first kappa shape index (κ1) is 24.6. The predicted octanol–water partition coefficient (Wildman–Crippen LogP) is 1.89. The van der Waals surface area contributed by atoms with Gasteiger partial charge in [-0.3, -0.25) is 4.90 Å². The molecular formula is C21H35N3O5S2. The number of ether oxygens (including phenoxy) is 1. The number of hydrogen-bond donors (Lipinski definition) is 1. The minimum absolute atomic E-state index is 0.0816. The van der Waals surface area contributed by atoms with Gasteiger partial charge < -0.3 is 4.74 Å². The zero-order chi connectivity index (χ0) is 22.5. The highest BCUT2D eigenvalue weighted by atomic mass is 32.2. The molecule has 176 valence electrons. The highest BCUT2D eigenvalue weighted by Crippen LogP contribution is 2.23. The van der Waals surface area contributed by atoms with Crippen molar-refractivity contribution in [3.8, 4) is 0 Å². The molecule has 1 N–H and O–H groups in total. The van der Waals surface area contributed by atoms with E-state index in [-0.39, 0.29) is 15.8 Å². The molecule has 0 aromatic heterocycles. The maximum atomic E-state index is 12.9. The molecule has 31 heavy (non-hydrogen) atoms. The van der Waals surface area contributed by atoms with Gasteiger partial charge in [-0.25, -0.2) is 21.6 Å². The summed E-state index contributed by atoms with van der Waals surface area (Å²) in [5.41, 5.74) is 0. The van der Waals surface area contributed by atoms with E-state index in [9.17, 15) is 16.8 Å². The van der Waals surface area contributed by atoms with Crippen molar-refractivity contribution in [2.24, 2.45) is 5.92 Å². The van der Waals surface area contributed by atoms with Gasteiger partial charge in [-0.05, 0) is 43.0 Å². The second-order valence-corrected chi connectivity index (χ2v) is 11.9. The third-order valence-corrected chi connectivity index (χ3v) is 9.78. The van der Waals surface area contributed by atoms with Gasteiger partial charge in [0.2, 0.25) is 20.0 Å². The van der Waals surface area contributed by atoms with Crippen LogP contribution in [0.1, 0.15) is 39.5 Å². The van der Waals surface area contributed by atoms with Crippen molar-refractivity contribution in [3.05, 3.63) is 24.3 Å². The molecule has 0 radical (unpaired) electrons. The lowest BCUT2D eigenvalue weighted by Gasteiger charge is -2.38. The number of nitrogens with zero attached hydrogens (tertiary/aromatic N) is 2. The van der Waals surface area contributed by atoms with E-state index in [0.29, 0.717) is 38.8 Å². The third kappa shape index (κ3) is 5.85. The molecule has 0 spiro atoms. The van der Waals surface area contributed by atoms with Crippen molar-refractivity contribution >= 4 is 20.0 Å². The smallest absolute Gasteiger partial charge is 0.243 e. The Balaban J connectivity index is 1.71. The van der Waals surface area contributed by atoms with Crippen molar-refractivity contribution in [1.82, 2.24) is 13.9 Å². The van der Waals surface area contributed by atoms with Gasteiger partial charge >= 0.3 is 0 Å². The summed E-state index contributed by atoms with van der Waals surface area (Å²) in [7, 11) is -7.30. The van der Waals surface area contributed by atoms with Crippen molar-refractivity contribution < 1.29 is 21.6 Å². The molecule has 2 heterocycles. The number of sulfonamides is 2. The first-order chi connectivity index (χ1) is 14.8. The fourth-order valence-electron chi connectivity index (χ4n) is 4.48. The molecule has 0 bridgehead atoms. The van der Waals surface area contributed by atoms with Crippen LogP contribution >= 0.6 is 0 Å². The van der Waals surface area contributed by atoms with Crippen LogP contribution in [0.5, 0.6) is 0 Å². The number of nitrogens with one attached hydrogen (secondary N) is 1. The lowest BCUT2D eigenvalue weighted by atomic mass is 9.92. The van der Waals surface area contributed by atoms with Crippen LogP contribution in [0.25, 0.3) is 0 Å². The Morgan fingerprint density at radius 2 is 1.45 bits per heavy atom. The van der Waals surface area contributed by atoms with Gasteiger partial charge in [0.25, 0.3) is 0 Å². The van der Waals surface area contributed by atoms with Crippen molar-refractivity contribution in [1.29, 1.82) is 0 Å². The summed E-state index contributed by atoms with van der Waals surface area (Å²) in [6, 6.07) is 5.65. The lowest BCUT2D eigenvalue weighted by molar-refractivity contribution is 0.00297. The van der Waals surface area contributed by atoms with Gasteiger partial charge in [0.05, 0.1) is 23.0 Å². The Morgan fingerprint density at radius 3 is 2.00 bits per heavy atom. The van der Waals surface area contributed by atoms with E-state index in [2.05, 4.69) is 23.5 Å². The number of morpholine rings is 1. The second kappa shape index (κ2) is 10.7. The summed E-state index contributed by atoms with van der Waals surface area (Å²) >= 11 is 0. The molecule has 2 saturated heterocycles. The molecule has 0 aliphatic carbocycles. The van der Waals surface area contributed by atoms with E-state index >= 15 is 0 Å². The van der Waals surface area contributed by atoms with Gasteiger partial charge in [0.15, 0.2) is 0 Å². The summed E-state index contributed by atoms with van der Waals surface area (Å²) in [6.45, 7) is 8.55. The summed E-state index contributed by atoms with van der Waals surface area (Å²) < 4.78 is 60.9. The monoisotopic (exact) mass is 473 g/mol. The average molecular weight is 474 g/mol. The van der Waals surface area contributed by atoms with Gasteiger partial charge in [0, 0.05) is 38.8 Å². The highest BCUT2D eigenvalue weighted by Gasteiger charge is 2.30. The predicted molar refractivity (Wildman–Crippen MR) is 120 cm³/mol. The third-order valence-electron chi connectivity index (χ3n) is 6.43. The molecule has 2 aliphatic heterocycles. The van der Waals surface area contributed by atoms with E-state index in [1.54, 1.807) is 0 Å². The zero-order valence-electron chi connectivity index (χ0n) is 18.5. The standard InChI is InChI=1S/C21H35N3O5S2/c1-3-18(4-2)21(23-13-15-29-16-14-23)17-22-30(25,26)19-7-9-20(10-8-19)31(27,28)24-11-5-6-12-24/h7-10,18,21-22H,3-6,11-17H2,1-2H3/t21-/m1/s1. The van der Waals surface area contributed by atoms with Crippen molar-refractivity contribution in [2.45, 2.75) is 55.4 Å². The number of hydrogen-bond acceptors (Lipinski definition) is 6. The van der Waals surface area contributed by atoms with Gasteiger partial charge in [-0.1, -0.05) is 26.7 Å². The average Bonchev–Trinajstić information content (AvgIpc) is 3.33. The van der Waals surface area contributed by atoms with E-state index in [4.69, 9.17) is 4.74 Å². The van der Waals surface area contributed by atoms with E-state index < -0.39 is 20.0 Å². The van der Waals surface area contributed by atoms with Crippen LogP contribution in [0.3, 0.4) is 0 Å². The fraction of sp³-hybridized carbons (Fsp3) is 0.714. The summed E-state index contributed by atoms with van der Waals surface area (Å²) in [6.07, 6.45) is 3.67. The van der Waals surface area contributed by atoms with E-state index in [1.807, 2.05) is 0 Å². The zero-order valence-corrected chi connectivity index (χ0v) is 20.1. The van der Waals surface area contributed by atoms with Gasteiger partial charge in [-0.15, -0.1) is 0 Å². The van der Waals surface area contributed by atoms with Gasteiger partial charge in [0.1, 0.15) is 0 Å². The molecule has 2 fully saturated rings. The van der Waals surface area contributed by atoms with Crippen LogP contribution in [-0.2, 0) is 24.8 Å².